The largest absolute Gasteiger partial charge is 0.497 e. The fraction of sp³-hybridized carbons (Fsp3) is 0.467. The molecular weight excluding hydrogens is 520 g/mol. The number of hydrogen-bond donors (Lipinski definition) is 2. The molecule has 4 rings (SSSR count). The van der Waals surface area contributed by atoms with Gasteiger partial charge in [-0.3, -0.25) is 14.7 Å². The van der Waals surface area contributed by atoms with E-state index in [-0.39, 0.29) is 18.8 Å². The van der Waals surface area contributed by atoms with Crippen LogP contribution in [0.2, 0.25) is 0 Å². The van der Waals surface area contributed by atoms with E-state index in [0.29, 0.717) is 51.1 Å². The minimum Gasteiger partial charge on any atom is -0.497 e. The number of aliphatic hydroxyl groups excluding tert-OH is 1. The summed E-state index contributed by atoms with van der Waals surface area (Å²) in [4.78, 5) is 20.5. The first kappa shape index (κ1) is 29.5. The van der Waals surface area contributed by atoms with E-state index < -0.39 is 29.1 Å². The fourth-order valence-corrected chi connectivity index (χ4v) is 5.59. The van der Waals surface area contributed by atoms with E-state index >= 15 is 0 Å². The van der Waals surface area contributed by atoms with Crippen molar-refractivity contribution in [3.8, 4) is 11.5 Å². The average molecular weight is 558 g/mol. The Morgan fingerprint density at radius 2 is 1.82 bits per heavy atom. The van der Waals surface area contributed by atoms with Gasteiger partial charge < -0.3 is 24.6 Å². The van der Waals surface area contributed by atoms with Gasteiger partial charge in [-0.05, 0) is 62.4 Å². The maximum Gasteiger partial charge on any atom is 0.303 e. The van der Waals surface area contributed by atoms with Crippen molar-refractivity contribution in [3.05, 3.63) is 59.8 Å². The van der Waals surface area contributed by atoms with Gasteiger partial charge in [0.25, 0.3) is 0 Å². The predicted molar refractivity (Wildman–Crippen MR) is 149 cm³/mol. The van der Waals surface area contributed by atoms with Gasteiger partial charge in [0.15, 0.2) is 0 Å². The molecule has 216 valence electrons. The molecule has 0 unspecified atom stereocenters. The summed E-state index contributed by atoms with van der Waals surface area (Å²) in [5.41, 5.74) is 1.85. The van der Waals surface area contributed by atoms with Crippen LogP contribution >= 0.6 is 0 Å². The molecule has 2 heterocycles. The average Bonchev–Trinajstić information content (AvgIpc) is 2.91. The van der Waals surface area contributed by atoms with E-state index in [1.165, 1.54) is 0 Å². The van der Waals surface area contributed by atoms with Crippen molar-refractivity contribution in [1.82, 2.24) is 9.88 Å². The predicted octanol–water partition coefficient (Wildman–Crippen LogP) is 5.04. The molecule has 0 spiro atoms. The Morgan fingerprint density at radius 1 is 1.12 bits per heavy atom. The Hall–Kier alpha value is -3.50. The number of halogens is 2. The van der Waals surface area contributed by atoms with Crippen LogP contribution < -0.4 is 14.4 Å². The molecule has 0 radical (unpaired) electrons. The maximum absolute atomic E-state index is 13.4. The molecule has 1 saturated heterocycles. The van der Waals surface area contributed by atoms with E-state index in [1.807, 2.05) is 37.2 Å². The Labute approximate surface area is 233 Å². The number of pyridine rings is 1. The van der Waals surface area contributed by atoms with Crippen LogP contribution in [0.3, 0.4) is 0 Å². The highest BCUT2D eigenvalue weighted by Crippen LogP contribution is 2.43. The van der Waals surface area contributed by atoms with Gasteiger partial charge in [-0.1, -0.05) is 0 Å². The first-order valence-corrected chi connectivity index (χ1v) is 13.4. The summed E-state index contributed by atoms with van der Waals surface area (Å²) in [6.07, 6.45) is 3.22. The molecule has 8 nitrogen and oxygen atoms in total. The highest BCUT2D eigenvalue weighted by Gasteiger charge is 2.37. The molecule has 1 aromatic heterocycles. The molecule has 1 fully saturated rings. The van der Waals surface area contributed by atoms with Crippen LogP contribution in [0.4, 0.5) is 14.5 Å². The Bertz CT molecular complexity index is 1310. The summed E-state index contributed by atoms with van der Waals surface area (Å²) < 4.78 is 37.7. The molecule has 1 atom stereocenters. The van der Waals surface area contributed by atoms with Gasteiger partial charge in [0.05, 0.1) is 37.0 Å². The van der Waals surface area contributed by atoms with Crippen molar-refractivity contribution in [2.75, 3.05) is 52.3 Å². The zero-order valence-electron chi connectivity index (χ0n) is 23.2. The smallest absolute Gasteiger partial charge is 0.303 e. The number of benzene rings is 2. The number of aliphatic carboxylic acids is 1. The van der Waals surface area contributed by atoms with E-state index in [2.05, 4.69) is 9.88 Å². The molecule has 2 N–H and O–H groups in total. The number of hydrogen-bond acceptors (Lipinski definition) is 7. The summed E-state index contributed by atoms with van der Waals surface area (Å²) in [6.45, 7) is 2.16. The second-order valence-electron chi connectivity index (χ2n) is 10.8. The summed E-state index contributed by atoms with van der Waals surface area (Å²) in [5, 5.41) is 22.0. The van der Waals surface area contributed by atoms with Gasteiger partial charge in [0, 0.05) is 49.8 Å². The number of carboxylic acids is 1. The number of likely N-dealkylation sites (tertiary alicyclic amines) is 1. The lowest BCUT2D eigenvalue weighted by molar-refractivity contribution is -0.141. The molecule has 2 aromatic carbocycles. The SMILES string of the molecule is COc1ccc2ncc(N(C)C)c([C@@H](O)CCC3(CC(=O)O)CCN(CCOc4cc(F)cc(F)c4)CC3)c2c1. The van der Waals surface area contributed by atoms with Crippen molar-refractivity contribution in [2.45, 2.75) is 38.2 Å². The molecule has 0 saturated carbocycles. The monoisotopic (exact) mass is 557 g/mol. The first-order chi connectivity index (χ1) is 19.1. The van der Waals surface area contributed by atoms with E-state index in [1.54, 1.807) is 13.3 Å². The highest BCUT2D eigenvalue weighted by atomic mass is 19.1. The molecule has 0 aliphatic carbocycles. The van der Waals surface area contributed by atoms with Gasteiger partial charge in [-0.25, -0.2) is 8.78 Å². The number of carboxylic acid groups (broad SMARTS) is 1. The van der Waals surface area contributed by atoms with Crippen molar-refractivity contribution in [1.29, 1.82) is 0 Å². The highest BCUT2D eigenvalue weighted by molar-refractivity contribution is 5.88. The Kier molecular flexibility index (Phi) is 9.42. The van der Waals surface area contributed by atoms with Crippen molar-refractivity contribution >= 4 is 22.6 Å². The Balaban J connectivity index is 1.43. The topological polar surface area (TPSA) is 95.4 Å². The molecule has 3 aromatic rings. The lowest BCUT2D eigenvalue weighted by Crippen LogP contribution is -2.42. The molecule has 10 heteroatoms. The van der Waals surface area contributed by atoms with Crippen LogP contribution in [0.15, 0.2) is 42.6 Å². The summed E-state index contributed by atoms with van der Waals surface area (Å²) in [7, 11) is 5.39. The molecule has 1 aliphatic rings. The number of fused-ring (bicyclic) bond motifs is 1. The summed E-state index contributed by atoms with van der Waals surface area (Å²) in [6, 6.07) is 8.65. The standard InChI is InChI=1S/C30H37F2N3O5/c1-34(2)26-19-33-25-5-4-22(39-3)17-24(25)29(26)27(36)6-7-30(18-28(37)38)8-10-35(11-9-30)12-13-40-23-15-20(31)14-21(32)16-23/h4-5,14-17,19,27,36H,6-13,18H2,1-3H3,(H,37,38)/t27-/m0/s1. The van der Waals surface area contributed by atoms with E-state index in [0.717, 1.165) is 40.4 Å². The van der Waals surface area contributed by atoms with Crippen LogP contribution in [-0.4, -0.2) is 73.5 Å². The molecule has 0 amide bonds. The number of ether oxygens (including phenoxy) is 2. The number of carbonyl (C=O) groups is 1. The number of aliphatic hydroxyl groups is 1. The third-order valence-corrected chi connectivity index (χ3v) is 7.81. The molecule has 1 aliphatic heterocycles. The van der Waals surface area contributed by atoms with Crippen molar-refractivity contribution in [3.63, 3.8) is 0 Å². The number of rotatable bonds is 12. The third kappa shape index (κ3) is 7.17. The van der Waals surface area contributed by atoms with Gasteiger partial charge in [0.1, 0.15) is 29.7 Å². The van der Waals surface area contributed by atoms with E-state index in [9.17, 15) is 23.8 Å². The van der Waals surface area contributed by atoms with Crippen molar-refractivity contribution in [2.24, 2.45) is 5.41 Å². The van der Waals surface area contributed by atoms with Crippen LogP contribution in [0, 0.1) is 17.0 Å². The van der Waals surface area contributed by atoms with Gasteiger partial charge >= 0.3 is 5.97 Å². The second-order valence-corrected chi connectivity index (χ2v) is 10.8. The zero-order chi connectivity index (χ0) is 28.9. The summed E-state index contributed by atoms with van der Waals surface area (Å²) in [5.74, 6) is -1.43. The van der Waals surface area contributed by atoms with Crippen LogP contribution in [-0.2, 0) is 4.79 Å². The normalized spacial score (nSPS) is 16.1. The minimum atomic E-state index is -0.854. The van der Waals surface area contributed by atoms with Gasteiger partial charge in [-0.2, -0.15) is 0 Å². The summed E-state index contributed by atoms with van der Waals surface area (Å²) >= 11 is 0. The van der Waals surface area contributed by atoms with Crippen LogP contribution in [0.5, 0.6) is 11.5 Å². The first-order valence-electron chi connectivity index (χ1n) is 13.4. The third-order valence-electron chi connectivity index (χ3n) is 7.81. The van der Waals surface area contributed by atoms with E-state index in [4.69, 9.17) is 9.47 Å². The molecular formula is C30H37F2N3O5. The number of piperidine rings is 1. The quantitative estimate of drug-likeness (QED) is 0.320. The van der Waals surface area contributed by atoms with Gasteiger partial charge in [0.2, 0.25) is 0 Å². The van der Waals surface area contributed by atoms with Gasteiger partial charge in [-0.15, -0.1) is 0 Å². The molecule has 0 bridgehead atoms. The Morgan fingerprint density at radius 3 is 2.45 bits per heavy atom. The zero-order valence-corrected chi connectivity index (χ0v) is 23.2. The van der Waals surface area contributed by atoms with Crippen molar-refractivity contribution < 1.29 is 33.3 Å². The van der Waals surface area contributed by atoms with Crippen LogP contribution in [0.1, 0.15) is 43.8 Å². The molecule has 40 heavy (non-hydrogen) atoms. The number of nitrogens with zero attached hydrogens (tertiary/aromatic N) is 3. The number of anilines is 1. The number of aromatic nitrogens is 1. The fourth-order valence-electron chi connectivity index (χ4n) is 5.59. The lowest BCUT2D eigenvalue weighted by Gasteiger charge is -2.41. The second kappa shape index (κ2) is 12.8. The minimum absolute atomic E-state index is 0.0259. The van der Waals surface area contributed by atoms with Crippen LogP contribution in [0.25, 0.3) is 10.9 Å². The lowest BCUT2D eigenvalue weighted by atomic mass is 9.71. The maximum atomic E-state index is 13.4. The number of methoxy groups -OCH3 is 1.